The van der Waals surface area contributed by atoms with E-state index in [9.17, 15) is 0 Å². The van der Waals surface area contributed by atoms with Crippen LogP contribution in [0.2, 0.25) is 0 Å². The molecule has 0 aromatic carbocycles. The molecule has 9 heavy (non-hydrogen) atoms. The molecule has 1 heterocycles. The van der Waals surface area contributed by atoms with Gasteiger partial charge in [0.1, 0.15) is 0 Å². The van der Waals surface area contributed by atoms with Crippen LogP contribution < -0.4 is 5.32 Å². The summed E-state index contributed by atoms with van der Waals surface area (Å²) in [6.45, 7) is 1.16. The summed E-state index contributed by atoms with van der Waals surface area (Å²) in [4.78, 5) is 0. The van der Waals surface area contributed by atoms with Gasteiger partial charge in [0.05, 0.1) is 0 Å². The van der Waals surface area contributed by atoms with E-state index in [0.29, 0.717) is 0 Å². The van der Waals surface area contributed by atoms with E-state index in [-0.39, 0.29) is 0 Å². The molecule has 2 aliphatic rings. The third-order valence-electron chi connectivity index (χ3n) is 2.73. The van der Waals surface area contributed by atoms with Crippen LogP contribution in [-0.2, 0) is 0 Å². The van der Waals surface area contributed by atoms with Crippen molar-refractivity contribution in [2.75, 3.05) is 6.54 Å². The standard InChI is InChI=1S/C8H14N/c1-2-4-8-7(3-1)5-6-9-8/h7-8H,1-6H2/t7-,8-/m1/s1. The molecule has 0 spiro atoms. The molecule has 1 saturated heterocycles. The third-order valence-corrected chi connectivity index (χ3v) is 2.73. The highest BCUT2D eigenvalue weighted by molar-refractivity contribution is 4.85. The fraction of sp³-hybridized carbons (Fsp3) is 1.00. The van der Waals surface area contributed by atoms with E-state index in [2.05, 4.69) is 5.32 Å². The average Bonchev–Trinajstić information content (AvgIpc) is 2.33. The molecular weight excluding hydrogens is 110 g/mol. The van der Waals surface area contributed by atoms with Gasteiger partial charge < -0.3 is 0 Å². The Morgan fingerprint density at radius 3 is 2.78 bits per heavy atom. The normalized spacial score (nSPS) is 42.7. The predicted molar refractivity (Wildman–Crippen MR) is 37.4 cm³/mol. The minimum absolute atomic E-state index is 0.791. The van der Waals surface area contributed by atoms with Gasteiger partial charge in [0.25, 0.3) is 0 Å². The van der Waals surface area contributed by atoms with Gasteiger partial charge in [0.2, 0.25) is 0 Å². The van der Waals surface area contributed by atoms with Crippen LogP contribution in [0.1, 0.15) is 32.1 Å². The molecule has 2 fully saturated rings. The zero-order valence-electron chi connectivity index (χ0n) is 5.84. The fourth-order valence-electron chi connectivity index (χ4n) is 2.17. The van der Waals surface area contributed by atoms with E-state index in [4.69, 9.17) is 0 Å². The lowest BCUT2D eigenvalue weighted by atomic mass is 9.86. The molecule has 2 atom stereocenters. The van der Waals surface area contributed by atoms with Gasteiger partial charge in [-0.1, -0.05) is 12.8 Å². The van der Waals surface area contributed by atoms with Crippen molar-refractivity contribution in [3.8, 4) is 0 Å². The van der Waals surface area contributed by atoms with E-state index in [1.54, 1.807) is 0 Å². The first-order valence-corrected chi connectivity index (χ1v) is 4.13. The maximum absolute atomic E-state index is 4.56. The third kappa shape index (κ3) is 0.983. The highest BCUT2D eigenvalue weighted by Gasteiger charge is 2.29. The zero-order valence-corrected chi connectivity index (χ0v) is 5.84. The first-order chi connectivity index (χ1) is 4.47. The summed E-state index contributed by atoms with van der Waals surface area (Å²) in [7, 11) is 0. The molecular formula is C8H14N. The molecule has 0 N–H and O–H groups in total. The van der Waals surface area contributed by atoms with E-state index in [1.807, 2.05) is 0 Å². The van der Waals surface area contributed by atoms with Crippen LogP contribution in [0.25, 0.3) is 0 Å². The fourth-order valence-corrected chi connectivity index (χ4v) is 2.17. The van der Waals surface area contributed by atoms with Crippen LogP contribution in [-0.4, -0.2) is 12.6 Å². The number of fused-ring (bicyclic) bond motifs is 1. The van der Waals surface area contributed by atoms with Crippen LogP contribution in [0.15, 0.2) is 0 Å². The second-order valence-corrected chi connectivity index (χ2v) is 3.31. The van der Waals surface area contributed by atoms with Gasteiger partial charge in [0, 0.05) is 12.6 Å². The quantitative estimate of drug-likeness (QED) is 0.465. The van der Waals surface area contributed by atoms with Gasteiger partial charge >= 0.3 is 0 Å². The second kappa shape index (κ2) is 2.30. The highest BCUT2D eigenvalue weighted by atomic mass is 15.0. The summed E-state index contributed by atoms with van der Waals surface area (Å²) in [5, 5.41) is 4.56. The van der Waals surface area contributed by atoms with Gasteiger partial charge in [0.15, 0.2) is 0 Å². The van der Waals surface area contributed by atoms with Crippen LogP contribution in [0.4, 0.5) is 0 Å². The van der Waals surface area contributed by atoms with Crippen molar-refractivity contribution in [1.82, 2.24) is 5.32 Å². The number of rotatable bonds is 0. The Morgan fingerprint density at radius 1 is 1.00 bits per heavy atom. The summed E-state index contributed by atoms with van der Waals surface area (Å²) >= 11 is 0. The topological polar surface area (TPSA) is 14.1 Å². The van der Waals surface area contributed by atoms with Gasteiger partial charge in [-0.2, -0.15) is 0 Å². The van der Waals surface area contributed by atoms with Crippen molar-refractivity contribution >= 4 is 0 Å². The van der Waals surface area contributed by atoms with Crippen LogP contribution >= 0.6 is 0 Å². The largest absolute Gasteiger partial charge is 0.238 e. The SMILES string of the molecule is C1CC[C@H]2[N]CC[C@H]2C1. The Morgan fingerprint density at radius 2 is 1.89 bits per heavy atom. The first-order valence-electron chi connectivity index (χ1n) is 4.13. The second-order valence-electron chi connectivity index (χ2n) is 3.31. The van der Waals surface area contributed by atoms with Gasteiger partial charge in [-0.3, -0.25) is 0 Å². The minimum atomic E-state index is 0.791. The molecule has 0 amide bonds. The van der Waals surface area contributed by atoms with Crippen LogP contribution in [0, 0.1) is 5.92 Å². The number of hydrogen-bond acceptors (Lipinski definition) is 0. The maximum Gasteiger partial charge on any atom is 0.0274 e. The number of nitrogens with zero attached hydrogens (tertiary/aromatic N) is 1. The highest BCUT2D eigenvalue weighted by Crippen LogP contribution is 2.30. The number of hydrogen-bond donors (Lipinski definition) is 0. The van der Waals surface area contributed by atoms with Gasteiger partial charge in [-0.15, -0.1) is 0 Å². The summed E-state index contributed by atoms with van der Waals surface area (Å²) in [5.41, 5.74) is 0. The Bertz CT molecular complexity index is 88.7. The lowest BCUT2D eigenvalue weighted by Crippen LogP contribution is -2.24. The lowest BCUT2D eigenvalue weighted by molar-refractivity contribution is 0.323. The van der Waals surface area contributed by atoms with E-state index >= 15 is 0 Å². The summed E-state index contributed by atoms with van der Waals surface area (Å²) in [5.74, 6) is 0.999. The molecule has 0 unspecified atom stereocenters. The molecule has 0 bridgehead atoms. The first kappa shape index (κ1) is 5.72. The summed E-state index contributed by atoms with van der Waals surface area (Å²) in [6.07, 6.45) is 7.16. The molecule has 1 radical (unpaired) electrons. The maximum atomic E-state index is 4.56. The average molecular weight is 124 g/mol. The Labute approximate surface area is 56.8 Å². The van der Waals surface area contributed by atoms with Crippen LogP contribution in [0.5, 0.6) is 0 Å². The van der Waals surface area contributed by atoms with E-state index < -0.39 is 0 Å². The van der Waals surface area contributed by atoms with E-state index in [0.717, 1.165) is 18.5 Å². The van der Waals surface area contributed by atoms with Gasteiger partial charge in [-0.25, -0.2) is 5.32 Å². The molecule has 1 aliphatic carbocycles. The minimum Gasteiger partial charge on any atom is -0.238 e. The summed E-state index contributed by atoms with van der Waals surface area (Å²) in [6, 6.07) is 0.791. The van der Waals surface area contributed by atoms with Crippen molar-refractivity contribution in [2.45, 2.75) is 38.1 Å². The van der Waals surface area contributed by atoms with Crippen molar-refractivity contribution in [2.24, 2.45) is 5.92 Å². The van der Waals surface area contributed by atoms with E-state index in [1.165, 1.54) is 32.1 Å². The van der Waals surface area contributed by atoms with Crippen LogP contribution in [0.3, 0.4) is 0 Å². The molecule has 51 valence electrons. The Balaban J connectivity index is 1.97. The summed E-state index contributed by atoms with van der Waals surface area (Å²) < 4.78 is 0. The molecule has 2 rings (SSSR count). The van der Waals surface area contributed by atoms with Crippen molar-refractivity contribution < 1.29 is 0 Å². The predicted octanol–water partition coefficient (Wildman–Crippen LogP) is 1.55. The van der Waals surface area contributed by atoms with Crippen molar-refractivity contribution in [1.29, 1.82) is 0 Å². The Kier molecular flexibility index (Phi) is 1.46. The van der Waals surface area contributed by atoms with Crippen molar-refractivity contribution in [3.05, 3.63) is 0 Å². The smallest absolute Gasteiger partial charge is 0.0274 e. The van der Waals surface area contributed by atoms with Gasteiger partial charge in [-0.05, 0) is 25.2 Å². The zero-order chi connectivity index (χ0) is 6.10. The molecule has 1 nitrogen and oxygen atoms in total. The molecule has 0 aromatic heterocycles. The molecule has 1 aliphatic heterocycles. The molecule has 0 aromatic rings. The Hall–Kier alpha value is -0.0400. The monoisotopic (exact) mass is 124 g/mol. The lowest BCUT2D eigenvalue weighted by Gasteiger charge is -2.23. The molecule has 1 heteroatoms. The molecule has 1 saturated carbocycles. The van der Waals surface area contributed by atoms with Crippen molar-refractivity contribution in [3.63, 3.8) is 0 Å².